The minimum Gasteiger partial charge on any atom is -0.356 e. The Kier molecular flexibility index (Phi) is 4.10. The first-order valence-electron chi connectivity index (χ1n) is 8.90. The zero-order chi connectivity index (χ0) is 16.5. The molecule has 5 nitrogen and oxygen atoms in total. The Morgan fingerprint density at radius 1 is 1.21 bits per heavy atom. The van der Waals surface area contributed by atoms with Crippen molar-refractivity contribution in [1.29, 1.82) is 0 Å². The summed E-state index contributed by atoms with van der Waals surface area (Å²) in [7, 11) is 0. The number of likely N-dealkylation sites (tertiary alicyclic amines) is 1. The molecule has 0 radical (unpaired) electrons. The molecule has 5 heteroatoms. The molecule has 1 aromatic carbocycles. The predicted molar refractivity (Wildman–Crippen MR) is 96.3 cm³/mol. The van der Waals surface area contributed by atoms with Crippen molar-refractivity contribution in [2.75, 3.05) is 37.6 Å². The summed E-state index contributed by atoms with van der Waals surface area (Å²) < 4.78 is 0. The van der Waals surface area contributed by atoms with Gasteiger partial charge in [-0.1, -0.05) is 18.2 Å². The lowest BCUT2D eigenvalue weighted by Crippen LogP contribution is -2.32. The summed E-state index contributed by atoms with van der Waals surface area (Å²) in [5.74, 6) is 1.39. The van der Waals surface area contributed by atoms with Gasteiger partial charge in [-0.3, -0.25) is 4.79 Å². The Labute approximate surface area is 142 Å². The Bertz CT molecular complexity index is 754. The highest BCUT2D eigenvalue weighted by Gasteiger charge is 2.29. The van der Waals surface area contributed by atoms with Crippen molar-refractivity contribution < 1.29 is 4.79 Å². The maximum Gasteiger partial charge on any atom is 0.257 e. The van der Waals surface area contributed by atoms with Crippen LogP contribution in [-0.2, 0) is 0 Å². The van der Waals surface area contributed by atoms with Gasteiger partial charge in [0, 0.05) is 31.6 Å². The fourth-order valence-corrected chi connectivity index (χ4v) is 3.81. The third-order valence-electron chi connectivity index (χ3n) is 5.25. The Morgan fingerprint density at radius 3 is 2.75 bits per heavy atom. The van der Waals surface area contributed by atoms with Crippen LogP contribution in [0.5, 0.6) is 0 Å². The molecule has 0 bridgehead atoms. The van der Waals surface area contributed by atoms with Crippen molar-refractivity contribution in [2.45, 2.75) is 19.3 Å². The molecule has 126 valence electrons. The Morgan fingerprint density at radius 2 is 2.00 bits per heavy atom. The van der Waals surface area contributed by atoms with Gasteiger partial charge in [-0.05, 0) is 43.9 Å². The number of carbonyl (C=O) groups is 1. The average molecular weight is 324 g/mol. The minimum absolute atomic E-state index is 0.103. The zero-order valence-electron chi connectivity index (χ0n) is 13.9. The van der Waals surface area contributed by atoms with Gasteiger partial charge in [0.2, 0.25) is 0 Å². The number of aromatic nitrogens is 1. The second kappa shape index (κ2) is 6.40. The first-order valence-corrected chi connectivity index (χ1v) is 8.90. The van der Waals surface area contributed by atoms with E-state index >= 15 is 0 Å². The molecule has 2 aliphatic rings. The van der Waals surface area contributed by atoms with Crippen molar-refractivity contribution in [3.05, 3.63) is 35.9 Å². The smallest absolute Gasteiger partial charge is 0.257 e. The van der Waals surface area contributed by atoms with Gasteiger partial charge in [-0.15, -0.1) is 0 Å². The third kappa shape index (κ3) is 2.73. The lowest BCUT2D eigenvalue weighted by Gasteiger charge is -2.23. The standard InChI is InChI=1S/C19H24N4O/c20-12-14-7-10-23(13-14)19(24)16-11-15-5-1-2-6-17(15)21-18(16)22-8-3-4-9-22/h1-2,5-6,11,14H,3-4,7-10,12-13,20H2/t14-/m1/s1. The van der Waals surface area contributed by atoms with Crippen molar-refractivity contribution in [2.24, 2.45) is 11.7 Å². The molecule has 2 aliphatic heterocycles. The summed E-state index contributed by atoms with van der Waals surface area (Å²) in [5, 5.41) is 1.03. The number of para-hydroxylation sites is 1. The third-order valence-corrected chi connectivity index (χ3v) is 5.25. The maximum atomic E-state index is 13.1. The number of nitrogens with two attached hydrogens (primary N) is 1. The van der Waals surface area contributed by atoms with E-state index < -0.39 is 0 Å². The molecule has 1 aromatic heterocycles. The number of carbonyl (C=O) groups excluding carboxylic acids is 1. The number of fused-ring (bicyclic) bond motifs is 1. The van der Waals surface area contributed by atoms with Gasteiger partial charge in [0.05, 0.1) is 11.1 Å². The van der Waals surface area contributed by atoms with E-state index in [1.807, 2.05) is 35.2 Å². The van der Waals surface area contributed by atoms with E-state index in [2.05, 4.69) is 4.90 Å². The monoisotopic (exact) mass is 324 g/mol. The van der Waals surface area contributed by atoms with E-state index in [0.717, 1.165) is 54.9 Å². The Balaban J connectivity index is 1.74. The molecular weight excluding hydrogens is 300 g/mol. The molecule has 1 amide bonds. The number of anilines is 1. The molecule has 0 aliphatic carbocycles. The lowest BCUT2D eigenvalue weighted by molar-refractivity contribution is 0.0788. The summed E-state index contributed by atoms with van der Waals surface area (Å²) in [6.07, 6.45) is 3.34. The second-order valence-electron chi connectivity index (χ2n) is 6.89. The quantitative estimate of drug-likeness (QED) is 0.941. The summed E-state index contributed by atoms with van der Waals surface area (Å²) in [6, 6.07) is 10.1. The first-order chi connectivity index (χ1) is 11.8. The van der Waals surface area contributed by atoms with Crippen LogP contribution in [0.2, 0.25) is 0 Å². The van der Waals surface area contributed by atoms with Crippen LogP contribution < -0.4 is 10.6 Å². The molecule has 2 fully saturated rings. The molecular formula is C19H24N4O. The summed E-state index contributed by atoms with van der Waals surface area (Å²) >= 11 is 0. The van der Waals surface area contributed by atoms with Crippen molar-refractivity contribution in [3.63, 3.8) is 0 Å². The lowest BCUT2D eigenvalue weighted by atomic mass is 10.1. The summed E-state index contributed by atoms with van der Waals surface area (Å²) in [6.45, 7) is 4.18. The number of nitrogens with zero attached hydrogens (tertiary/aromatic N) is 3. The minimum atomic E-state index is 0.103. The predicted octanol–water partition coefficient (Wildman–Crippen LogP) is 2.26. The molecule has 3 heterocycles. The zero-order valence-corrected chi connectivity index (χ0v) is 13.9. The van der Waals surface area contributed by atoms with Crippen molar-refractivity contribution >= 4 is 22.6 Å². The van der Waals surface area contributed by atoms with Gasteiger partial charge in [-0.2, -0.15) is 0 Å². The molecule has 2 N–H and O–H groups in total. The highest BCUT2D eigenvalue weighted by atomic mass is 16.2. The highest BCUT2D eigenvalue weighted by Crippen LogP contribution is 2.29. The van der Waals surface area contributed by atoms with Gasteiger partial charge in [0.1, 0.15) is 5.82 Å². The average Bonchev–Trinajstić information content (AvgIpc) is 3.31. The van der Waals surface area contributed by atoms with Crippen LogP contribution in [0.25, 0.3) is 10.9 Å². The van der Waals surface area contributed by atoms with E-state index in [1.54, 1.807) is 0 Å². The number of benzene rings is 1. The van der Waals surface area contributed by atoms with Crippen LogP contribution in [0.4, 0.5) is 5.82 Å². The van der Waals surface area contributed by atoms with Crippen LogP contribution in [0.15, 0.2) is 30.3 Å². The van der Waals surface area contributed by atoms with Gasteiger partial charge in [0.25, 0.3) is 5.91 Å². The van der Waals surface area contributed by atoms with E-state index in [-0.39, 0.29) is 5.91 Å². The van der Waals surface area contributed by atoms with Gasteiger partial charge >= 0.3 is 0 Å². The number of rotatable bonds is 3. The number of hydrogen-bond donors (Lipinski definition) is 1. The molecule has 0 saturated carbocycles. The summed E-state index contributed by atoms with van der Waals surface area (Å²) in [4.78, 5) is 22.2. The van der Waals surface area contributed by atoms with Crippen molar-refractivity contribution in [3.8, 4) is 0 Å². The Hall–Kier alpha value is -2.14. The SMILES string of the molecule is NC[C@H]1CCN(C(=O)c2cc3ccccc3nc2N2CCCC2)C1. The maximum absolute atomic E-state index is 13.1. The molecule has 0 spiro atoms. The second-order valence-corrected chi connectivity index (χ2v) is 6.89. The molecule has 2 saturated heterocycles. The van der Waals surface area contributed by atoms with E-state index in [1.165, 1.54) is 12.8 Å². The van der Waals surface area contributed by atoms with E-state index in [0.29, 0.717) is 12.5 Å². The summed E-state index contributed by atoms with van der Waals surface area (Å²) in [5.41, 5.74) is 7.48. The molecule has 24 heavy (non-hydrogen) atoms. The largest absolute Gasteiger partial charge is 0.356 e. The molecule has 2 aromatic rings. The van der Waals surface area contributed by atoms with E-state index in [4.69, 9.17) is 10.7 Å². The topological polar surface area (TPSA) is 62.5 Å². The fraction of sp³-hybridized carbons (Fsp3) is 0.474. The van der Waals surface area contributed by atoms with Gasteiger partial charge in [0.15, 0.2) is 0 Å². The molecule has 4 rings (SSSR count). The first kappa shape index (κ1) is 15.4. The number of pyridine rings is 1. The molecule has 0 unspecified atom stereocenters. The fourth-order valence-electron chi connectivity index (χ4n) is 3.81. The van der Waals surface area contributed by atoms with Gasteiger partial charge in [-0.25, -0.2) is 4.98 Å². The van der Waals surface area contributed by atoms with E-state index in [9.17, 15) is 4.79 Å². The van der Waals surface area contributed by atoms with Crippen LogP contribution in [0.3, 0.4) is 0 Å². The number of amides is 1. The van der Waals surface area contributed by atoms with Crippen molar-refractivity contribution in [1.82, 2.24) is 9.88 Å². The molecule has 1 atom stereocenters. The van der Waals surface area contributed by atoms with Crippen LogP contribution >= 0.6 is 0 Å². The van der Waals surface area contributed by atoms with Crippen LogP contribution in [0.1, 0.15) is 29.6 Å². The highest BCUT2D eigenvalue weighted by molar-refractivity contribution is 6.02. The van der Waals surface area contributed by atoms with Crippen LogP contribution in [-0.4, -0.2) is 48.5 Å². The number of hydrogen-bond acceptors (Lipinski definition) is 4. The normalized spacial score (nSPS) is 21.0. The van der Waals surface area contributed by atoms with Gasteiger partial charge < -0.3 is 15.5 Å². The van der Waals surface area contributed by atoms with Crippen LogP contribution in [0, 0.1) is 5.92 Å².